The minimum absolute atomic E-state index is 0.0811. The number of nitrogens with zero attached hydrogens (tertiary/aromatic N) is 7. The summed E-state index contributed by atoms with van der Waals surface area (Å²) in [6.07, 6.45) is 9.27. The maximum atomic E-state index is 6.20. The molecule has 1 aliphatic rings. The first-order chi connectivity index (χ1) is 19.4. The number of imidazole rings is 1. The molecule has 0 bridgehead atoms. The van der Waals surface area contributed by atoms with Gasteiger partial charge >= 0.3 is 0 Å². The standard InChI is InChI=1S/C30H34N8O2/c1-30(2,37-10-12-39-13-11-37)20-40-25-8-9-38-27(18-32-29(38)14-25)26-15-28(34-21-33-26)31-16-22-4-6-23(7-5-22)24-17-35-36(3)19-24/h4-9,14-15,17-19,21H,10-13,16,20H2,1-3H3,(H,31,33,34). The Bertz CT molecular complexity index is 1590. The van der Waals surface area contributed by atoms with Gasteiger partial charge < -0.3 is 14.8 Å². The highest BCUT2D eigenvalue weighted by molar-refractivity contribution is 5.64. The summed E-state index contributed by atoms with van der Waals surface area (Å²) in [5.41, 5.74) is 5.81. The fourth-order valence-corrected chi connectivity index (χ4v) is 4.93. The van der Waals surface area contributed by atoms with Gasteiger partial charge in [0.15, 0.2) is 0 Å². The van der Waals surface area contributed by atoms with Crippen LogP contribution in [0.15, 0.2) is 73.6 Å². The van der Waals surface area contributed by atoms with E-state index in [-0.39, 0.29) is 5.54 Å². The molecule has 10 nitrogen and oxygen atoms in total. The van der Waals surface area contributed by atoms with Gasteiger partial charge in [-0.25, -0.2) is 15.0 Å². The SMILES string of the molecule is Cn1cc(-c2ccc(CNc3cc(-c4cnc5cc(OCC(C)(C)N6CCOCC6)ccn45)ncn3)cc2)cn1. The number of pyridine rings is 1. The van der Waals surface area contributed by atoms with Crippen LogP contribution in [0, 0.1) is 0 Å². The molecule has 0 unspecified atom stereocenters. The van der Waals surface area contributed by atoms with E-state index < -0.39 is 0 Å². The van der Waals surface area contributed by atoms with Crippen molar-refractivity contribution in [1.82, 2.24) is 34.0 Å². The van der Waals surface area contributed by atoms with Crippen molar-refractivity contribution in [3.63, 3.8) is 0 Å². The lowest BCUT2D eigenvalue weighted by atomic mass is 10.0. The van der Waals surface area contributed by atoms with E-state index in [4.69, 9.17) is 9.47 Å². The number of fused-ring (bicyclic) bond motifs is 1. The lowest BCUT2D eigenvalue weighted by Gasteiger charge is -2.40. The van der Waals surface area contributed by atoms with Crippen LogP contribution in [0.5, 0.6) is 5.75 Å². The van der Waals surface area contributed by atoms with Crippen molar-refractivity contribution in [2.45, 2.75) is 25.9 Å². The Kier molecular flexibility index (Phi) is 7.19. The first-order valence-corrected chi connectivity index (χ1v) is 13.5. The number of morpholine rings is 1. The van der Waals surface area contributed by atoms with Crippen LogP contribution in [0.2, 0.25) is 0 Å². The third-order valence-corrected chi connectivity index (χ3v) is 7.34. The Morgan fingerprint density at radius 2 is 1.80 bits per heavy atom. The van der Waals surface area contributed by atoms with Crippen molar-refractivity contribution < 1.29 is 9.47 Å². The summed E-state index contributed by atoms with van der Waals surface area (Å²) in [7, 11) is 1.92. The Morgan fingerprint density at radius 1 is 0.975 bits per heavy atom. The topological polar surface area (TPSA) is 94.6 Å². The molecule has 1 saturated heterocycles. The highest BCUT2D eigenvalue weighted by atomic mass is 16.5. The molecule has 10 heteroatoms. The molecule has 0 spiro atoms. The normalized spacial score (nSPS) is 14.5. The van der Waals surface area contributed by atoms with Gasteiger partial charge in [-0.2, -0.15) is 5.10 Å². The molecule has 1 aromatic carbocycles. The lowest BCUT2D eigenvalue weighted by Crippen LogP contribution is -2.53. The number of anilines is 1. The van der Waals surface area contributed by atoms with E-state index in [0.717, 1.165) is 71.6 Å². The zero-order chi connectivity index (χ0) is 27.5. The second-order valence-corrected chi connectivity index (χ2v) is 10.7. The third kappa shape index (κ3) is 5.68. The quantitative estimate of drug-likeness (QED) is 0.297. The van der Waals surface area contributed by atoms with Gasteiger partial charge in [0.05, 0.1) is 37.0 Å². The second-order valence-electron chi connectivity index (χ2n) is 10.7. The van der Waals surface area contributed by atoms with Crippen molar-refractivity contribution in [1.29, 1.82) is 0 Å². The van der Waals surface area contributed by atoms with Crippen molar-refractivity contribution in [3.05, 3.63) is 79.1 Å². The highest BCUT2D eigenvalue weighted by Gasteiger charge is 2.29. The largest absolute Gasteiger partial charge is 0.491 e. The maximum absolute atomic E-state index is 6.20. The van der Waals surface area contributed by atoms with Crippen LogP contribution in [-0.2, 0) is 18.3 Å². The molecule has 1 fully saturated rings. The van der Waals surface area contributed by atoms with Crippen LogP contribution >= 0.6 is 0 Å². The maximum Gasteiger partial charge on any atom is 0.140 e. The molecule has 0 amide bonds. The highest BCUT2D eigenvalue weighted by Crippen LogP contribution is 2.25. The fraction of sp³-hybridized carbons (Fsp3) is 0.333. The van der Waals surface area contributed by atoms with Gasteiger partial charge in [-0.05, 0) is 31.0 Å². The van der Waals surface area contributed by atoms with Gasteiger partial charge in [0, 0.05) is 62.3 Å². The van der Waals surface area contributed by atoms with E-state index in [1.807, 2.05) is 59.1 Å². The summed E-state index contributed by atoms with van der Waals surface area (Å²) >= 11 is 0. The number of benzene rings is 1. The number of hydrogen-bond donors (Lipinski definition) is 1. The Hall–Kier alpha value is -4.28. The van der Waals surface area contributed by atoms with Crippen molar-refractivity contribution in [3.8, 4) is 28.3 Å². The lowest BCUT2D eigenvalue weighted by molar-refractivity contribution is -0.0250. The summed E-state index contributed by atoms with van der Waals surface area (Å²) in [6, 6.07) is 14.3. The molecule has 40 heavy (non-hydrogen) atoms. The minimum Gasteiger partial charge on any atom is -0.491 e. The van der Waals surface area contributed by atoms with Crippen molar-refractivity contribution in [2.24, 2.45) is 7.05 Å². The van der Waals surface area contributed by atoms with Gasteiger partial charge in [0.25, 0.3) is 0 Å². The van der Waals surface area contributed by atoms with E-state index in [1.165, 1.54) is 0 Å². The first-order valence-electron chi connectivity index (χ1n) is 13.5. The summed E-state index contributed by atoms with van der Waals surface area (Å²) in [5, 5.41) is 7.66. The van der Waals surface area contributed by atoms with Crippen molar-refractivity contribution >= 4 is 11.5 Å². The van der Waals surface area contributed by atoms with E-state index in [0.29, 0.717) is 13.2 Å². The van der Waals surface area contributed by atoms with E-state index in [2.05, 4.69) is 68.4 Å². The van der Waals surface area contributed by atoms with Gasteiger partial charge in [-0.3, -0.25) is 14.0 Å². The Labute approximate surface area is 233 Å². The molecule has 1 N–H and O–H groups in total. The zero-order valence-corrected chi connectivity index (χ0v) is 23.1. The Morgan fingerprint density at radius 3 is 2.58 bits per heavy atom. The molecule has 6 rings (SSSR count). The summed E-state index contributed by atoms with van der Waals surface area (Å²) in [6.45, 7) is 9.05. The van der Waals surface area contributed by atoms with Crippen LogP contribution in [0.4, 0.5) is 5.82 Å². The second kappa shape index (κ2) is 11.1. The van der Waals surface area contributed by atoms with Gasteiger partial charge in [-0.1, -0.05) is 24.3 Å². The molecule has 5 heterocycles. The molecule has 0 radical (unpaired) electrons. The molecule has 0 saturated carbocycles. The van der Waals surface area contributed by atoms with Crippen LogP contribution in [0.1, 0.15) is 19.4 Å². The average Bonchev–Trinajstić information content (AvgIpc) is 3.62. The van der Waals surface area contributed by atoms with Crippen molar-refractivity contribution in [2.75, 3.05) is 38.2 Å². The number of aromatic nitrogens is 6. The fourth-order valence-electron chi connectivity index (χ4n) is 4.93. The number of ether oxygens (including phenoxy) is 2. The van der Waals surface area contributed by atoms with E-state index >= 15 is 0 Å². The Balaban J connectivity index is 1.11. The van der Waals surface area contributed by atoms with Crippen LogP contribution in [0.25, 0.3) is 28.2 Å². The number of aryl methyl sites for hydroxylation is 1. The molecule has 1 aliphatic heterocycles. The number of rotatable bonds is 9. The average molecular weight is 539 g/mol. The molecule has 0 aliphatic carbocycles. The molecule has 206 valence electrons. The molecule has 4 aromatic heterocycles. The predicted octanol–water partition coefficient (Wildman–Crippen LogP) is 4.29. The monoisotopic (exact) mass is 538 g/mol. The zero-order valence-electron chi connectivity index (χ0n) is 23.1. The minimum atomic E-state index is -0.0811. The smallest absolute Gasteiger partial charge is 0.140 e. The van der Waals surface area contributed by atoms with Crippen LogP contribution in [0.3, 0.4) is 0 Å². The summed E-state index contributed by atoms with van der Waals surface area (Å²) < 4.78 is 15.5. The third-order valence-electron chi connectivity index (χ3n) is 7.34. The summed E-state index contributed by atoms with van der Waals surface area (Å²) in [4.78, 5) is 16.0. The van der Waals surface area contributed by atoms with Gasteiger partial charge in [0.1, 0.15) is 30.1 Å². The van der Waals surface area contributed by atoms with Gasteiger partial charge in [-0.15, -0.1) is 0 Å². The van der Waals surface area contributed by atoms with E-state index in [1.54, 1.807) is 6.33 Å². The molecule has 0 atom stereocenters. The number of hydrogen-bond acceptors (Lipinski definition) is 8. The predicted molar refractivity (Wildman–Crippen MR) is 154 cm³/mol. The molecular formula is C30H34N8O2. The molecular weight excluding hydrogens is 504 g/mol. The summed E-state index contributed by atoms with van der Waals surface area (Å²) in [5.74, 6) is 1.55. The molecule has 5 aromatic rings. The van der Waals surface area contributed by atoms with E-state index in [9.17, 15) is 0 Å². The number of nitrogens with one attached hydrogen (secondary N) is 1. The van der Waals surface area contributed by atoms with Crippen LogP contribution < -0.4 is 10.1 Å². The van der Waals surface area contributed by atoms with Crippen LogP contribution in [-0.4, -0.2) is 72.5 Å². The van der Waals surface area contributed by atoms with Gasteiger partial charge in [0.2, 0.25) is 0 Å². The first kappa shape index (κ1) is 26.0.